The van der Waals surface area contributed by atoms with E-state index in [0.717, 1.165) is 23.6 Å². The van der Waals surface area contributed by atoms with Gasteiger partial charge in [0.05, 0.1) is 17.5 Å². The highest BCUT2D eigenvalue weighted by Crippen LogP contribution is 2.24. The lowest BCUT2D eigenvalue weighted by Crippen LogP contribution is -2.24. The summed E-state index contributed by atoms with van der Waals surface area (Å²) in [6.45, 7) is 8.12. The van der Waals surface area contributed by atoms with Gasteiger partial charge < -0.3 is 14.6 Å². The normalized spacial score (nSPS) is 12.5. The molecule has 0 radical (unpaired) electrons. The van der Waals surface area contributed by atoms with Crippen LogP contribution in [-0.4, -0.2) is 44.3 Å². The lowest BCUT2D eigenvalue weighted by molar-refractivity contribution is 0.242. The topological polar surface area (TPSA) is 90.9 Å². The molecule has 0 fully saturated rings. The van der Waals surface area contributed by atoms with E-state index in [4.69, 9.17) is 9.26 Å². The molecule has 0 spiro atoms. The summed E-state index contributed by atoms with van der Waals surface area (Å²) in [4.78, 5) is 4.48. The van der Waals surface area contributed by atoms with Crippen LogP contribution in [0.1, 0.15) is 39.2 Å². The Morgan fingerprint density at radius 2 is 1.93 bits per heavy atom. The van der Waals surface area contributed by atoms with E-state index in [1.807, 2.05) is 45.2 Å². The van der Waals surface area contributed by atoms with Crippen molar-refractivity contribution in [1.82, 2.24) is 30.5 Å². The van der Waals surface area contributed by atoms with Crippen LogP contribution in [0.3, 0.4) is 0 Å². The first-order chi connectivity index (χ1) is 13.0. The highest BCUT2D eigenvalue weighted by Gasteiger charge is 2.20. The van der Waals surface area contributed by atoms with Crippen molar-refractivity contribution in [3.8, 4) is 23.0 Å². The Kier molecular flexibility index (Phi) is 5.85. The summed E-state index contributed by atoms with van der Waals surface area (Å²) in [5.74, 6) is 1.88. The van der Waals surface area contributed by atoms with Crippen molar-refractivity contribution in [2.75, 3.05) is 7.05 Å². The summed E-state index contributed by atoms with van der Waals surface area (Å²) in [6, 6.07) is 8.05. The molecule has 0 saturated heterocycles. The summed E-state index contributed by atoms with van der Waals surface area (Å²) < 4.78 is 12.9. The maximum absolute atomic E-state index is 5.70. The Labute approximate surface area is 158 Å². The van der Waals surface area contributed by atoms with Gasteiger partial charge in [0.1, 0.15) is 5.75 Å². The summed E-state index contributed by atoms with van der Waals surface area (Å²) >= 11 is 0. The molecule has 0 amide bonds. The van der Waals surface area contributed by atoms with Crippen LogP contribution in [0.4, 0.5) is 0 Å². The lowest BCUT2D eigenvalue weighted by Gasteiger charge is -2.10. The van der Waals surface area contributed by atoms with Crippen LogP contribution in [0, 0.1) is 0 Å². The summed E-state index contributed by atoms with van der Waals surface area (Å²) in [5.41, 5.74) is 2.45. The van der Waals surface area contributed by atoms with Gasteiger partial charge in [-0.15, -0.1) is 5.10 Å². The molecule has 1 aromatic carbocycles. The Hall–Kier alpha value is -2.74. The molecule has 1 atom stereocenters. The number of likely N-dealkylation sites (N-methyl/N-ethyl adjacent to an activating group) is 1. The van der Waals surface area contributed by atoms with Gasteiger partial charge in [0.2, 0.25) is 0 Å². The fourth-order valence-electron chi connectivity index (χ4n) is 2.74. The summed E-state index contributed by atoms with van der Waals surface area (Å²) in [5, 5.41) is 15.8. The van der Waals surface area contributed by atoms with E-state index in [2.05, 4.69) is 39.6 Å². The zero-order valence-electron chi connectivity index (χ0n) is 16.4. The van der Waals surface area contributed by atoms with Gasteiger partial charge in [0.25, 0.3) is 5.89 Å². The van der Waals surface area contributed by atoms with Gasteiger partial charge in [-0.05, 0) is 58.5 Å². The van der Waals surface area contributed by atoms with Crippen molar-refractivity contribution in [1.29, 1.82) is 0 Å². The molecule has 0 aliphatic rings. The summed E-state index contributed by atoms with van der Waals surface area (Å²) in [7, 11) is 1.91. The average molecular weight is 370 g/mol. The van der Waals surface area contributed by atoms with Crippen molar-refractivity contribution in [3.63, 3.8) is 0 Å². The monoisotopic (exact) mass is 370 g/mol. The van der Waals surface area contributed by atoms with Crippen molar-refractivity contribution in [3.05, 3.63) is 35.8 Å². The molecule has 144 valence electrons. The van der Waals surface area contributed by atoms with E-state index < -0.39 is 0 Å². The minimum atomic E-state index is 0.136. The predicted octanol–water partition coefficient (Wildman–Crippen LogP) is 2.82. The van der Waals surface area contributed by atoms with Gasteiger partial charge >= 0.3 is 0 Å². The first-order valence-electron chi connectivity index (χ1n) is 9.23. The van der Waals surface area contributed by atoms with Crippen molar-refractivity contribution < 1.29 is 9.26 Å². The molecule has 0 saturated carbocycles. The van der Waals surface area contributed by atoms with Gasteiger partial charge in [0.15, 0.2) is 11.5 Å². The second kappa shape index (κ2) is 8.30. The number of nitrogens with zero attached hydrogens (tertiary/aromatic N) is 5. The van der Waals surface area contributed by atoms with Crippen molar-refractivity contribution in [2.24, 2.45) is 0 Å². The summed E-state index contributed by atoms with van der Waals surface area (Å²) in [6.07, 6.45) is 1.56. The van der Waals surface area contributed by atoms with Crippen LogP contribution in [-0.2, 0) is 12.8 Å². The van der Waals surface area contributed by atoms with Crippen LogP contribution in [0.2, 0.25) is 0 Å². The Morgan fingerprint density at radius 3 is 2.56 bits per heavy atom. The van der Waals surface area contributed by atoms with Gasteiger partial charge in [0, 0.05) is 12.5 Å². The largest absolute Gasteiger partial charge is 0.491 e. The van der Waals surface area contributed by atoms with Crippen molar-refractivity contribution >= 4 is 0 Å². The molecule has 8 heteroatoms. The molecule has 2 heterocycles. The lowest BCUT2D eigenvalue weighted by atomic mass is 10.2. The number of nitrogens with one attached hydrogen (secondary N) is 1. The second-order valence-corrected chi connectivity index (χ2v) is 6.72. The quantitative estimate of drug-likeness (QED) is 0.652. The van der Waals surface area contributed by atoms with E-state index in [1.54, 1.807) is 4.68 Å². The third-order valence-corrected chi connectivity index (χ3v) is 4.20. The number of hydrogen-bond donors (Lipinski definition) is 1. The van der Waals surface area contributed by atoms with Crippen LogP contribution in [0.25, 0.3) is 17.3 Å². The van der Waals surface area contributed by atoms with Crippen LogP contribution in [0.15, 0.2) is 28.8 Å². The molecule has 27 heavy (non-hydrogen) atoms. The second-order valence-electron chi connectivity index (χ2n) is 6.72. The van der Waals surface area contributed by atoms with Crippen LogP contribution >= 0.6 is 0 Å². The van der Waals surface area contributed by atoms with Crippen LogP contribution < -0.4 is 10.1 Å². The Bertz CT molecular complexity index is 869. The number of rotatable bonds is 8. The number of ether oxygens (including phenoxy) is 1. The predicted molar refractivity (Wildman–Crippen MR) is 102 cm³/mol. The van der Waals surface area contributed by atoms with E-state index in [-0.39, 0.29) is 12.1 Å². The molecule has 3 rings (SSSR count). The standard InChI is InChI=1S/C19H26N6O2/c1-6-16-18(19-21-17(23-27-19)11-13(4)20-5)22-24-25(16)14-7-9-15(10-8-14)26-12(2)3/h7-10,12-13,20H,6,11H2,1-5H3. The molecule has 2 aromatic heterocycles. The third kappa shape index (κ3) is 4.33. The molecular weight excluding hydrogens is 344 g/mol. The highest BCUT2D eigenvalue weighted by atomic mass is 16.5. The van der Waals surface area contributed by atoms with E-state index in [1.165, 1.54) is 0 Å². The zero-order valence-corrected chi connectivity index (χ0v) is 16.4. The number of aromatic nitrogens is 5. The Balaban J connectivity index is 1.87. The minimum absolute atomic E-state index is 0.136. The third-order valence-electron chi connectivity index (χ3n) is 4.20. The SMILES string of the molecule is CCc1c(-c2nc(CC(C)NC)no2)nnn1-c1ccc(OC(C)C)cc1. The number of hydrogen-bond acceptors (Lipinski definition) is 7. The zero-order chi connectivity index (χ0) is 19.4. The average Bonchev–Trinajstić information content (AvgIpc) is 3.28. The minimum Gasteiger partial charge on any atom is -0.491 e. The molecule has 1 unspecified atom stereocenters. The molecule has 0 aliphatic carbocycles. The van der Waals surface area contributed by atoms with E-state index in [0.29, 0.717) is 23.8 Å². The fraction of sp³-hybridized carbons (Fsp3) is 0.474. The smallest absolute Gasteiger partial charge is 0.280 e. The molecule has 1 N–H and O–H groups in total. The van der Waals surface area contributed by atoms with E-state index >= 15 is 0 Å². The van der Waals surface area contributed by atoms with Gasteiger partial charge in [-0.3, -0.25) is 0 Å². The fourth-order valence-corrected chi connectivity index (χ4v) is 2.74. The molecule has 3 aromatic rings. The van der Waals surface area contributed by atoms with Gasteiger partial charge in [-0.25, -0.2) is 4.68 Å². The molecule has 0 bridgehead atoms. The number of benzene rings is 1. The van der Waals surface area contributed by atoms with E-state index in [9.17, 15) is 0 Å². The molecular formula is C19H26N6O2. The van der Waals surface area contributed by atoms with Crippen molar-refractivity contribution in [2.45, 2.75) is 52.7 Å². The molecule has 0 aliphatic heterocycles. The molecule has 8 nitrogen and oxygen atoms in total. The maximum Gasteiger partial charge on any atom is 0.280 e. The van der Waals surface area contributed by atoms with Crippen LogP contribution in [0.5, 0.6) is 5.75 Å². The maximum atomic E-state index is 5.70. The highest BCUT2D eigenvalue weighted by molar-refractivity contribution is 5.52. The first-order valence-corrected chi connectivity index (χ1v) is 9.23. The Morgan fingerprint density at radius 1 is 1.19 bits per heavy atom. The first kappa shape index (κ1) is 19.0. The van der Waals surface area contributed by atoms with Gasteiger partial charge in [-0.2, -0.15) is 4.98 Å². The van der Waals surface area contributed by atoms with Gasteiger partial charge in [-0.1, -0.05) is 17.3 Å².